The van der Waals surface area contributed by atoms with Crippen molar-refractivity contribution in [3.8, 4) is 0 Å². The van der Waals surface area contributed by atoms with Gasteiger partial charge in [0.05, 0.1) is 6.33 Å². The monoisotopic (exact) mass is 219 g/mol. The fourth-order valence-electron chi connectivity index (χ4n) is 0.685. The quantitative estimate of drug-likeness (QED) is 0.498. The molecule has 0 saturated carbocycles. The number of nitrogens with zero attached hydrogens (tertiary/aromatic N) is 1. The maximum atomic E-state index is 10.4. The SMILES string of the molecule is NC(Br)c1nc[nH]c1C(=O)O. The van der Waals surface area contributed by atoms with Crippen LogP contribution < -0.4 is 5.73 Å². The second kappa shape index (κ2) is 3.02. The standard InChI is InChI=1S/C5H6BrN3O2/c6-4(7)2-3(5(10)11)9-1-8-2/h1,4H,7H2,(H,8,9)(H,10,11). The molecule has 0 radical (unpaired) electrons. The zero-order valence-electron chi connectivity index (χ0n) is 5.41. The van der Waals surface area contributed by atoms with Crippen molar-refractivity contribution < 1.29 is 9.90 Å². The summed E-state index contributed by atoms with van der Waals surface area (Å²) < 4.78 is 0. The smallest absolute Gasteiger partial charge is 0.354 e. The van der Waals surface area contributed by atoms with Crippen molar-refractivity contribution in [2.45, 2.75) is 4.95 Å². The van der Waals surface area contributed by atoms with Crippen LogP contribution in [0.4, 0.5) is 0 Å². The molecule has 0 aliphatic rings. The number of carbonyl (C=O) groups is 1. The van der Waals surface area contributed by atoms with E-state index in [0.29, 0.717) is 5.69 Å². The molecule has 0 spiro atoms. The minimum Gasteiger partial charge on any atom is -0.477 e. The van der Waals surface area contributed by atoms with Crippen LogP contribution in [0.1, 0.15) is 21.1 Å². The average Bonchev–Trinajstić information content (AvgIpc) is 2.32. The third-order valence-electron chi connectivity index (χ3n) is 1.14. The molecule has 6 heteroatoms. The normalized spacial score (nSPS) is 12.9. The van der Waals surface area contributed by atoms with E-state index in [4.69, 9.17) is 10.8 Å². The molecule has 0 bridgehead atoms. The van der Waals surface area contributed by atoms with E-state index in [-0.39, 0.29) is 5.69 Å². The van der Waals surface area contributed by atoms with E-state index < -0.39 is 10.9 Å². The summed E-state index contributed by atoms with van der Waals surface area (Å²) in [7, 11) is 0. The number of nitrogens with one attached hydrogen (secondary N) is 1. The van der Waals surface area contributed by atoms with Crippen LogP contribution >= 0.6 is 15.9 Å². The summed E-state index contributed by atoms with van der Waals surface area (Å²) in [5.41, 5.74) is 5.69. The lowest BCUT2D eigenvalue weighted by molar-refractivity contribution is 0.0690. The maximum Gasteiger partial charge on any atom is 0.354 e. The van der Waals surface area contributed by atoms with Crippen molar-refractivity contribution in [3.63, 3.8) is 0 Å². The van der Waals surface area contributed by atoms with Crippen molar-refractivity contribution >= 4 is 21.9 Å². The number of halogens is 1. The average molecular weight is 220 g/mol. The lowest BCUT2D eigenvalue weighted by atomic mass is 10.3. The number of hydrogen-bond donors (Lipinski definition) is 3. The third kappa shape index (κ3) is 1.58. The van der Waals surface area contributed by atoms with E-state index in [1.807, 2.05) is 0 Å². The molecule has 1 rings (SSSR count). The number of H-pyrrole nitrogens is 1. The number of nitrogens with two attached hydrogens (primary N) is 1. The Kier molecular flexibility index (Phi) is 2.25. The summed E-state index contributed by atoms with van der Waals surface area (Å²) in [5, 5.41) is 8.56. The van der Waals surface area contributed by atoms with Gasteiger partial charge < -0.3 is 15.8 Å². The predicted molar refractivity (Wildman–Crippen MR) is 41.4 cm³/mol. The van der Waals surface area contributed by atoms with Gasteiger partial charge in [0.15, 0.2) is 0 Å². The van der Waals surface area contributed by atoms with E-state index in [1.165, 1.54) is 6.33 Å². The number of hydrogen-bond acceptors (Lipinski definition) is 3. The minimum atomic E-state index is -1.06. The summed E-state index contributed by atoms with van der Waals surface area (Å²) in [6.45, 7) is 0. The molecule has 0 aromatic carbocycles. The molecule has 11 heavy (non-hydrogen) atoms. The van der Waals surface area contributed by atoms with Crippen LogP contribution in [-0.4, -0.2) is 21.0 Å². The van der Waals surface area contributed by atoms with Crippen molar-refractivity contribution in [2.75, 3.05) is 0 Å². The van der Waals surface area contributed by atoms with Gasteiger partial charge in [-0.15, -0.1) is 0 Å². The van der Waals surface area contributed by atoms with E-state index in [0.717, 1.165) is 0 Å². The molecular formula is C5H6BrN3O2. The Labute approximate surface area is 70.8 Å². The van der Waals surface area contributed by atoms with Gasteiger partial charge in [0.25, 0.3) is 0 Å². The zero-order valence-corrected chi connectivity index (χ0v) is 7.00. The highest BCUT2D eigenvalue weighted by molar-refractivity contribution is 9.09. The van der Waals surface area contributed by atoms with Crippen molar-refractivity contribution in [3.05, 3.63) is 17.7 Å². The van der Waals surface area contributed by atoms with Crippen LogP contribution in [0.3, 0.4) is 0 Å². The molecular weight excluding hydrogens is 214 g/mol. The number of alkyl halides is 1. The molecule has 5 nitrogen and oxygen atoms in total. The van der Waals surface area contributed by atoms with Crippen molar-refractivity contribution in [1.82, 2.24) is 9.97 Å². The first-order valence-electron chi connectivity index (χ1n) is 2.79. The van der Waals surface area contributed by atoms with Crippen LogP contribution in [0.5, 0.6) is 0 Å². The molecule has 0 fully saturated rings. The van der Waals surface area contributed by atoms with Gasteiger partial charge in [0.2, 0.25) is 0 Å². The molecule has 1 aromatic heterocycles. The van der Waals surface area contributed by atoms with E-state index in [1.54, 1.807) is 0 Å². The van der Waals surface area contributed by atoms with Gasteiger partial charge >= 0.3 is 5.97 Å². The molecule has 1 heterocycles. The maximum absolute atomic E-state index is 10.4. The fraction of sp³-hybridized carbons (Fsp3) is 0.200. The van der Waals surface area contributed by atoms with Crippen LogP contribution in [0.25, 0.3) is 0 Å². The van der Waals surface area contributed by atoms with Crippen LogP contribution in [0, 0.1) is 0 Å². The molecule has 0 aliphatic carbocycles. The number of aromatic amines is 1. The first-order chi connectivity index (χ1) is 5.13. The summed E-state index contributed by atoms with van der Waals surface area (Å²) in [6, 6.07) is 0. The van der Waals surface area contributed by atoms with Gasteiger partial charge in [0.1, 0.15) is 16.3 Å². The number of aromatic carboxylic acids is 1. The third-order valence-corrected chi connectivity index (χ3v) is 1.58. The molecule has 4 N–H and O–H groups in total. The van der Waals surface area contributed by atoms with Crippen molar-refractivity contribution in [1.29, 1.82) is 0 Å². The molecule has 0 amide bonds. The van der Waals surface area contributed by atoms with Gasteiger partial charge in [0, 0.05) is 0 Å². The molecule has 60 valence electrons. The Hall–Kier alpha value is -0.880. The van der Waals surface area contributed by atoms with Crippen LogP contribution in [0.15, 0.2) is 6.33 Å². The number of rotatable bonds is 2. The second-order valence-corrected chi connectivity index (χ2v) is 2.86. The van der Waals surface area contributed by atoms with Gasteiger partial charge in [-0.3, -0.25) is 0 Å². The molecule has 0 saturated heterocycles. The van der Waals surface area contributed by atoms with Gasteiger partial charge in [-0.2, -0.15) is 0 Å². The molecule has 1 unspecified atom stereocenters. The first-order valence-corrected chi connectivity index (χ1v) is 3.70. The predicted octanol–water partition coefficient (Wildman–Crippen LogP) is 0.460. The number of imidazole rings is 1. The van der Waals surface area contributed by atoms with E-state index in [9.17, 15) is 4.79 Å². The Morgan fingerprint density at radius 2 is 2.55 bits per heavy atom. The lowest BCUT2D eigenvalue weighted by Gasteiger charge is -1.98. The van der Waals surface area contributed by atoms with Gasteiger partial charge in [-0.05, 0) is 0 Å². The Bertz CT molecular complexity index is 270. The number of carboxylic acid groups (broad SMARTS) is 1. The molecule has 1 atom stereocenters. The summed E-state index contributed by atoms with van der Waals surface area (Å²) in [5.74, 6) is -1.06. The highest BCUT2D eigenvalue weighted by Crippen LogP contribution is 2.16. The fourth-order valence-corrected chi connectivity index (χ4v) is 1.03. The second-order valence-electron chi connectivity index (χ2n) is 1.87. The van der Waals surface area contributed by atoms with Gasteiger partial charge in [-0.25, -0.2) is 9.78 Å². The summed E-state index contributed by atoms with van der Waals surface area (Å²) in [4.78, 5) is 16.1. The zero-order chi connectivity index (χ0) is 8.43. The molecule has 0 aliphatic heterocycles. The van der Waals surface area contributed by atoms with Gasteiger partial charge in [-0.1, -0.05) is 15.9 Å². The Morgan fingerprint density at radius 3 is 2.91 bits per heavy atom. The summed E-state index contributed by atoms with van der Waals surface area (Å²) >= 11 is 3.01. The van der Waals surface area contributed by atoms with Crippen molar-refractivity contribution in [2.24, 2.45) is 5.73 Å². The van der Waals surface area contributed by atoms with E-state index in [2.05, 4.69) is 25.9 Å². The number of aromatic nitrogens is 2. The molecule has 1 aromatic rings. The topological polar surface area (TPSA) is 92.0 Å². The Morgan fingerprint density at radius 1 is 1.91 bits per heavy atom. The summed E-state index contributed by atoms with van der Waals surface area (Å²) in [6.07, 6.45) is 1.29. The van der Waals surface area contributed by atoms with E-state index >= 15 is 0 Å². The van der Waals surface area contributed by atoms with Crippen LogP contribution in [-0.2, 0) is 0 Å². The van der Waals surface area contributed by atoms with Crippen LogP contribution in [0.2, 0.25) is 0 Å². The Balaban J connectivity index is 3.06. The first kappa shape index (κ1) is 8.22. The largest absolute Gasteiger partial charge is 0.477 e. The highest BCUT2D eigenvalue weighted by atomic mass is 79.9. The minimum absolute atomic E-state index is 0.0226. The lowest BCUT2D eigenvalue weighted by Crippen LogP contribution is -2.09. The highest BCUT2D eigenvalue weighted by Gasteiger charge is 2.16. The number of carboxylic acids is 1.